The molecule has 1 rings (SSSR count). The van der Waals surface area contributed by atoms with Gasteiger partial charge in [-0.05, 0) is 13.0 Å². The molecule has 11 heavy (non-hydrogen) atoms. The summed E-state index contributed by atoms with van der Waals surface area (Å²) in [5.41, 5.74) is -0.192. The summed E-state index contributed by atoms with van der Waals surface area (Å²) in [7, 11) is 0. The Hall–Kier alpha value is -1.32. The lowest BCUT2D eigenvalue weighted by Gasteiger charge is -2.02. The SMILES string of the molecule is CC1=NC(=O)C=CC1=C(F)F. The largest absolute Gasteiger partial charge is 0.279 e. The predicted octanol–water partition coefficient (Wildman–Crippen LogP) is 1.69. The van der Waals surface area contributed by atoms with E-state index >= 15 is 0 Å². The number of hydrogen-bond acceptors (Lipinski definition) is 1. The Labute approximate surface area is 61.9 Å². The van der Waals surface area contributed by atoms with Gasteiger partial charge in [0.15, 0.2) is 0 Å². The van der Waals surface area contributed by atoms with E-state index in [0.717, 1.165) is 12.2 Å². The highest BCUT2D eigenvalue weighted by Gasteiger charge is 2.11. The average molecular weight is 157 g/mol. The third-order valence-corrected chi connectivity index (χ3v) is 1.26. The molecule has 1 heterocycles. The molecular formula is C7H5F2NO. The normalized spacial score (nSPS) is 16.8. The molecule has 0 saturated heterocycles. The Balaban J connectivity index is 3.08. The van der Waals surface area contributed by atoms with Crippen LogP contribution in [0, 0.1) is 0 Å². The van der Waals surface area contributed by atoms with Gasteiger partial charge in [0.05, 0.1) is 11.3 Å². The Kier molecular flexibility index (Phi) is 1.94. The lowest BCUT2D eigenvalue weighted by molar-refractivity contribution is -0.113. The molecule has 0 radical (unpaired) electrons. The highest BCUT2D eigenvalue weighted by atomic mass is 19.3. The third kappa shape index (κ3) is 1.58. The number of carbonyl (C=O) groups excluding carboxylic acids is 1. The van der Waals surface area contributed by atoms with Crippen LogP contribution in [0.3, 0.4) is 0 Å². The molecule has 1 aliphatic heterocycles. The van der Waals surface area contributed by atoms with Gasteiger partial charge in [0, 0.05) is 6.08 Å². The number of hydrogen-bond donors (Lipinski definition) is 0. The van der Waals surface area contributed by atoms with Gasteiger partial charge in [-0.1, -0.05) is 0 Å². The van der Waals surface area contributed by atoms with Gasteiger partial charge in [0.25, 0.3) is 12.0 Å². The summed E-state index contributed by atoms with van der Waals surface area (Å²) in [6, 6.07) is 0. The van der Waals surface area contributed by atoms with E-state index in [9.17, 15) is 13.6 Å². The zero-order valence-corrected chi connectivity index (χ0v) is 5.77. The highest BCUT2D eigenvalue weighted by Crippen LogP contribution is 2.14. The van der Waals surface area contributed by atoms with E-state index in [1.165, 1.54) is 6.92 Å². The third-order valence-electron chi connectivity index (χ3n) is 1.26. The van der Waals surface area contributed by atoms with Gasteiger partial charge in [-0.15, -0.1) is 0 Å². The predicted molar refractivity (Wildman–Crippen MR) is 36.5 cm³/mol. The van der Waals surface area contributed by atoms with Gasteiger partial charge in [-0.2, -0.15) is 8.78 Å². The zero-order valence-electron chi connectivity index (χ0n) is 5.77. The first-order chi connectivity index (χ1) is 5.11. The van der Waals surface area contributed by atoms with E-state index in [-0.39, 0.29) is 11.3 Å². The van der Waals surface area contributed by atoms with E-state index in [4.69, 9.17) is 0 Å². The lowest BCUT2D eigenvalue weighted by Crippen LogP contribution is -2.05. The molecule has 0 spiro atoms. The first-order valence-corrected chi connectivity index (χ1v) is 2.94. The minimum Gasteiger partial charge on any atom is -0.267 e. The number of carbonyl (C=O) groups is 1. The fourth-order valence-corrected chi connectivity index (χ4v) is 0.738. The summed E-state index contributed by atoms with van der Waals surface area (Å²) in [6.45, 7) is 1.37. The fourth-order valence-electron chi connectivity index (χ4n) is 0.738. The molecule has 1 aliphatic rings. The van der Waals surface area contributed by atoms with Gasteiger partial charge >= 0.3 is 0 Å². The second-order valence-corrected chi connectivity index (χ2v) is 2.04. The van der Waals surface area contributed by atoms with Crippen molar-refractivity contribution in [1.82, 2.24) is 0 Å². The first kappa shape index (κ1) is 7.78. The molecule has 2 nitrogen and oxygen atoms in total. The van der Waals surface area contributed by atoms with E-state index in [1.54, 1.807) is 0 Å². The Morgan fingerprint density at radius 3 is 2.55 bits per heavy atom. The van der Waals surface area contributed by atoms with Crippen molar-refractivity contribution < 1.29 is 13.6 Å². The summed E-state index contributed by atoms with van der Waals surface area (Å²) in [5.74, 6) is -0.493. The smallest absolute Gasteiger partial charge is 0.267 e. The van der Waals surface area contributed by atoms with E-state index in [1.807, 2.05) is 0 Å². The number of allylic oxidation sites excluding steroid dienone is 2. The summed E-state index contributed by atoms with van der Waals surface area (Å²) in [6.07, 6.45) is 0.275. The van der Waals surface area contributed by atoms with Crippen LogP contribution in [0.1, 0.15) is 6.92 Å². The van der Waals surface area contributed by atoms with E-state index < -0.39 is 12.0 Å². The van der Waals surface area contributed by atoms with Crippen LogP contribution in [-0.4, -0.2) is 11.6 Å². The Morgan fingerprint density at radius 1 is 1.45 bits per heavy atom. The van der Waals surface area contributed by atoms with Crippen LogP contribution < -0.4 is 0 Å². The van der Waals surface area contributed by atoms with Crippen molar-refractivity contribution >= 4 is 11.6 Å². The highest BCUT2D eigenvalue weighted by molar-refractivity contribution is 6.12. The molecule has 0 saturated carbocycles. The molecule has 0 aromatic heterocycles. The molecular weight excluding hydrogens is 152 g/mol. The van der Waals surface area contributed by atoms with Crippen LogP contribution in [0.15, 0.2) is 28.8 Å². The molecule has 0 aromatic carbocycles. The minimum atomic E-state index is -1.81. The second kappa shape index (κ2) is 2.74. The maximum Gasteiger partial charge on any atom is 0.279 e. The average Bonchev–Trinajstić information content (AvgIpc) is 1.85. The molecule has 58 valence electrons. The van der Waals surface area contributed by atoms with Crippen molar-refractivity contribution in [1.29, 1.82) is 0 Å². The Morgan fingerprint density at radius 2 is 2.09 bits per heavy atom. The van der Waals surface area contributed by atoms with Crippen molar-refractivity contribution in [3.63, 3.8) is 0 Å². The van der Waals surface area contributed by atoms with Crippen molar-refractivity contribution in [2.24, 2.45) is 4.99 Å². The number of aliphatic imine (C=N–C) groups is 1. The van der Waals surface area contributed by atoms with Crippen molar-refractivity contribution in [3.05, 3.63) is 23.8 Å². The quantitative estimate of drug-likeness (QED) is 0.526. The molecule has 0 N–H and O–H groups in total. The van der Waals surface area contributed by atoms with Crippen molar-refractivity contribution in [2.45, 2.75) is 6.92 Å². The molecule has 0 aliphatic carbocycles. The van der Waals surface area contributed by atoms with Crippen LogP contribution in [0.2, 0.25) is 0 Å². The second-order valence-electron chi connectivity index (χ2n) is 2.04. The standard InChI is InChI=1S/C7H5F2NO/c1-4-5(7(8)9)2-3-6(11)10-4/h2-3H,1H3. The van der Waals surface area contributed by atoms with E-state index in [2.05, 4.69) is 4.99 Å². The molecule has 0 bridgehead atoms. The first-order valence-electron chi connectivity index (χ1n) is 2.94. The molecule has 0 atom stereocenters. The maximum absolute atomic E-state index is 11.9. The number of nitrogens with zero attached hydrogens (tertiary/aromatic N) is 1. The summed E-state index contributed by atoms with van der Waals surface area (Å²) in [4.78, 5) is 13.8. The lowest BCUT2D eigenvalue weighted by atomic mass is 10.1. The number of halogens is 2. The monoisotopic (exact) mass is 157 g/mol. The molecule has 0 fully saturated rings. The number of amides is 1. The van der Waals surface area contributed by atoms with Crippen molar-refractivity contribution in [3.8, 4) is 0 Å². The van der Waals surface area contributed by atoms with Crippen LogP contribution in [0.25, 0.3) is 0 Å². The van der Waals surface area contributed by atoms with Crippen LogP contribution in [-0.2, 0) is 4.79 Å². The summed E-state index contributed by atoms with van der Waals surface area (Å²) >= 11 is 0. The minimum absolute atomic E-state index is 0.0671. The molecule has 4 heteroatoms. The van der Waals surface area contributed by atoms with Crippen LogP contribution in [0.4, 0.5) is 8.78 Å². The molecule has 0 unspecified atom stereocenters. The maximum atomic E-state index is 11.9. The van der Waals surface area contributed by atoms with E-state index in [0.29, 0.717) is 0 Å². The van der Waals surface area contributed by atoms with Crippen LogP contribution in [0.5, 0.6) is 0 Å². The number of rotatable bonds is 0. The number of dihydropyridines is 1. The fraction of sp³-hybridized carbons (Fsp3) is 0.143. The topological polar surface area (TPSA) is 29.4 Å². The summed E-state index contributed by atoms with van der Waals surface area (Å²) in [5, 5.41) is 0. The van der Waals surface area contributed by atoms with Gasteiger partial charge < -0.3 is 0 Å². The van der Waals surface area contributed by atoms with Gasteiger partial charge in [0.2, 0.25) is 0 Å². The Bertz CT molecular complexity index is 285. The summed E-state index contributed by atoms with van der Waals surface area (Å²) < 4.78 is 23.9. The van der Waals surface area contributed by atoms with Gasteiger partial charge in [-0.25, -0.2) is 4.99 Å². The zero-order chi connectivity index (χ0) is 8.43. The molecule has 0 aromatic rings. The van der Waals surface area contributed by atoms with Gasteiger partial charge in [-0.3, -0.25) is 4.79 Å². The van der Waals surface area contributed by atoms with Gasteiger partial charge in [0.1, 0.15) is 0 Å². The van der Waals surface area contributed by atoms with Crippen molar-refractivity contribution in [2.75, 3.05) is 0 Å². The molecule has 1 amide bonds. The van der Waals surface area contributed by atoms with Crippen LogP contribution >= 0.6 is 0 Å².